The van der Waals surface area contributed by atoms with Gasteiger partial charge in [-0.1, -0.05) is 25.1 Å². The van der Waals surface area contributed by atoms with E-state index in [4.69, 9.17) is 18.0 Å². The molecular weight excluding hydrogens is 244 g/mol. The van der Waals surface area contributed by atoms with Gasteiger partial charge < -0.3 is 10.6 Å². The molecule has 1 saturated heterocycles. The van der Waals surface area contributed by atoms with Crippen LogP contribution in [-0.4, -0.2) is 28.9 Å². The van der Waals surface area contributed by atoms with Gasteiger partial charge in [-0.05, 0) is 44.9 Å². The molecule has 1 aliphatic heterocycles. The molecule has 2 N–H and O–H groups in total. The lowest BCUT2D eigenvalue weighted by molar-refractivity contribution is -0.139. The summed E-state index contributed by atoms with van der Waals surface area (Å²) in [5.74, 6) is 0.0999. The molecule has 1 heterocycles. The lowest BCUT2D eigenvalue weighted by Gasteiger charge is -2.41. The molecule has 2 aliphatic rings. The monoisotopic (exact) mass is 268 g/mol. The lowest BCUT2D eigenvalue weighted by atomic mass is 9.76. The zero-order valence-electron chi connectivity index (χ0n) is 11.5. The highest BCUT2D eigenvalue weighted by atomic mass is 32.1. The predicted molar refractivity (Wildman–Crippen MR) is 77.3 cm³/mol. The van der Waals surface area contributed by atoms with E-state index >= 15 is 0 Å². The molecule has 0 unspecified atom stereocenters. The maximum Gasteiger partial charge on any atom is 0.235 e. The Kier molecular flexibility index (Phi) is 3.67. The van der Waals surface area contributed by atoms with Crippen LogP contribution < -0.4 is 5.73 Å². The summed E-state index contributed by atoms with van der Waals surface area (Å²) >= 11 is 5.01. The van der Waals surface area contributed by atoms with Crippen molar-refractivity contribution in [1.82, 2.24) is 4.90 Å². The second-order valence-corrected chi connectivity index (χ2v) is 6.93. The largest absolute Gasteiger partial charge is 0.392 e. The average Bonchev–Trinajstić information content (AvgIpc) is 2.77. The fourth-order valence-electron chi connectivity index (χ4n) is 3.31. The van der Waals surface area contributed by atoms with Crippen molar-refractivity contribution in [2.24, 2.45) is 16.6 Å². The van der Waals surface area contributed by atoms with Gasteiger partial charge in [-0.25, -0.2) is 0 Å². The molecule has 2 fully saturated rings. The topological polar surface area (TPSA) is 46.3 Å². The Morgan fingerprint density at radius 3 is 2.11 bits per heavy atom. The Labute approximate surface area is 115 Å². The third-order valence-corrected chi connectivity index (χ3v) is 5.44. The summed E-state index contributed by atoms with van der Waals surface area (Å²) in [6.07, 6.45) is 7.76. The maximum absolute atomic E-state index is 12.4. The van der Waals surface area contributed by atoms with Crippen molar-refractivity contribution < 1.29 is 4.79 Å². The molecule has 1 spiro atoms. The van der Waals surface area contributed by atoms with Gasteiger partial charge in [0.1, 0.15) is 0 Å². The zero-order valence-corrected chi connectivity index (χ0v) is 12.3. The van der Waals surface area contributed by atoms with Crippen LogP contribution in [0.25, 0.3) is 0 Å². The highest BCUT2D eigenvalue weighted by molar-refractivity contribution is 7.80. The molecule has 2 rings (SSSR count). The van der Waals surface area contributed by atoms with Crippen LogP contribution in [0.3, 0.4) is 0 Å². The standard InChI is InChI=1S/C14H24N2OS/c1-13(2,11(15)18)12(17)16-9-7-14(8-10-16)5-3-4-6-14/h3-10H2,1-2H3,(H2,15,18). The molecule has 0 aromatic rings. The fraction of sp³-hybridized carbons (Fsp3) is 0.857. The molecule has 1 amide bonds. The second-order valence-electron chi connectivity index (χ2n) is 6.49. The van der Waals surface area contributed by atoms with Crippen molar-refractivity contribution in [3.8, 4) is 0 Å². The Hall–Kier alpha value is -0.640. The minimum absolute atomic E-state index is 0.0999. The molecule has 4 heteroatoms. The van der Waals surface area contributed by atoms with E-state index in [0.717, 1.165) is 25.9 Å². The van der Waals surface area contributed by atoms with Crippen LogP contribution in [0.15, 0.2) is 0 Å². The molecule has 3 nitrogen and oxygen atoms in total. The number of rotatable bonds is 2. The Morgan fingerprint density at radius 1 is 1.17 bits per heavy atom. The molecule has 1 saturated carbocycles. The lowest BCUT2D eigenvalue weighted by Crippen LogP contribution is -2.51. The van der Waals surface area contributed by atoms with E-state index in [1.165, 1.54) is 25.7 Å². The van der Waals surface area contributed by atoms with Gasteiger partial charge in [-0.3, -0.25) is 4.79 Å². The van der Waals surface area contributed by atoms with Crippen LogP contribution in [0.2, 0.25) is 0 Å². The fourth-order valence-corrected chi connectivity index (χ4v) is 3.40. The van der Waals surface area contributed by atoms with E-state index < -0.39 is 5.41 Å². The molecule has 102 valence electrons. The van der Waals surface area contributed by atoms with Crippen LogP contribution in [0.4, 0.5) is 0 Å². The van der Waals surface area contributed by atoms with Crippen LogP contribution in [0, 0.1) is 10.8 Å². The normalized spacial score (nSPS) is 23.3. The van der Waals surface area contributed by atoms with Crippen molar-refractivity contribution in [1.29, 1.82) is 0 Å². The second kappa shape index (κ2) is 4.80. The summed E-state index contributed by atoms with van der Waals surface area (Å²) in [5, 5.41) is 0. The SMILES string of the molecule is CC(C)(C(=O)N1CCC2(CCCC2)CC1)C(N)=S. The number of carbonyl (C=O) groups excluding carboxylic acids is 1. The summed E-state index contributed by atoms with van der Waals surface area (Å²) < 4.78 is 0. The minimum atomic E-state index is -0.699. The van der Waals surface area contributed by atoms with Gasteiger partial charge in [0.25, 0.3) is 0 Å². The van der Waals surface area contributed by atoms with Crippen LogP contribution in [-0.2, 0) is 4.79 Å². The highest BCUT2D eigenvalue weighted by Crippen LogP contribution is 2.46. The highest BCUT2D eigenvalue weighted by Gasteiger charge is 2.41. The van der Waals surface area contributed by atoms with Gasteiger partial charge in [0.05, 0.1) is 10.4 Å². The van der Waals surface area contributed by atoms with Gasteiger partial charge in [-0.2, -0.15) is 0 Å². The quantitative estimate of drug-likeness (QED) is 0.783. The van der Waals surface area contributed by atoms with E-state index in [0.29, 0.717) is 10.4 Å². The summed E-state index contributed by atoms with van der Waals surface area (Å²) in [7, 11) is 0. The number of hydrogen-bond donors (Lipinski definition) is 1. The van der Waals surface area contributed by atoms with E-state index in [9.17, 15) is 4.79 Å². The predicted octanol–water partition coefficient (Wildman–Crippen LogP) is 2.48. The zero-order chi connectivity index (χ0) is 13.4. The maximum atomic E-state index is 12.4. The molecule has 0 radical (unpaired) electrons. The molecule has 0 bridgehead atoms. The smallest absolute Gasteiger partial charge is 0.235 e. The number of hydrogen-bond acceptors (Lipinski definition) is 2. The van der Waals surface area contributed by atoms with E-state index in [1.807, 2.05) is 18.7 Å². The van der Waals surface area contributed by atoms with Gasteiger partial charge in [0.2, 0.25) is 5.91 Å². The first-order valence-electron chi connectivity index (χ1n) is 6.97. The molecule has 0 atom stereocenters. The third kappa shape index (κ3) is 2.40. The van der Waals surface area contributed by atoms with Crippen molar-refractivity contribution in [2.75, 3.05) is 13.1 Å². The number of piperidine rings is 1. The Morgan fingerprint density at radius 2 is 1.67 bits per heavy atom. The van der Waals surface area contributed by atoms with Crippen LogP contribution in [0.1, 0.15) is 52.4 Å². The van der Waals surface area contributed by atoms with Crippen molar-refractivity contribution >= 4 is 23.1 Å². The minimum Gasteiger partial charge on any atom is -0.392 e. The number of carbonyl (C=O) groups is 1. The molecular formula is C14H24N2OS. The first-order chi connectivity index (χ1) is 8.37. The average molecular weight is 268 g/mol. The summed E-state index contributed by atoms with van der Waals surface area (Å²) in [6.45, 7) is 5.42. The van der Waals surface area contributed by atoms with Crippen molar-refractivity contribution in [3.63, 3.8) is 0 Å². The molecule has 18 heavy (non-hydrogen) atoms. The summed E-state index contributed by atoms with van der Waals surface area (Å²) in [4.78, 5) is 14.7. The Balaban J connectivity index is 1.97. The summed E-state index contributed by atoms with van der Waals surface area (Å²) in [5.41, 5.74) is 5.52. The third-order valence-electron chi connectivity index (χ3n) is 4.93. The molecule has 1 aliphatic carbocycles. The van der Waals surface area contributed by atoms with E-state index in [2.05, 4.69) is 0 Å². The van der Waals surface area contributed by atoms with Crippen molar-refractivity contribution in [2.45, 2.75) is 52.4 Å². The summed E-state index contributed by atoms with van der Waals surface area (Å²) in [6, 6.07) is 0. The molecule has 0 aromatic carbocycles. The van der Waals surface area contributed by atoms with Gasteiger partial charge in [0.15, 0.2) is 0 Å². The first kappa shape index (κ1) is 13.8. The van der Waals surface area contributed by atoms with Gasteiger partial charge in [-0.15, -0.1) is 0 Å². The number of nitrogens with zero attached hydrogens (tertiary/aromatic N) is 1. The number of nitrogens with two attached hydrogens (primary N) is 1. The Bertz CT molecular complexity index is 349. The number of thiocarbonyl (C=S) groups is 1. The van der Waals surface area contributed by atoms with Crippen molar-refractivity contribution in [3.05, 3.63) is 0 Å². The van der Waals surface area contributed by atoms with Gasteiger partial charge in [0, 0.05) is 13.1 Å². The molecule has 0 aromatic heterocycles. The van der Waals surface area contributed by atoms with Gasteiger partial charge >= 0.3 is 0 Å². The first-order valence-corrected chi connectivity index (χ1v) is 7.38. The number of likely N-dealkylation sites (tertiary alicyclic amines) is 1. The number of amides is 1. The van der Waals surface area contributed by atoms with E-state index in [1.54, 1.807) is 0 Å². The van der Waals surface area contributed by atoms with E-state index in [-0.39, 0.29) is 5.91 Å². The van der Waals surface area contributed by atoms with Crippen LogP contribution >= 0.6 is 12.2 Å². The van der Waals surface area contributed by atoms with Crippen LogP contribution in [0.5, 0.6) is 0 Å².